The molecule has 1 aliphatic carbocycles. The van der Waals surface area contributed by atoms with Crippen LogP contribution < -0.4 is 16.4 Å². The van der Waals surface area contributed by atoms with E-state index in [1.54, 1.807) is 0 Å². The van der Waals surface area contributed by atoms with Crippen LogP contribution in [0, 0.1) is 11.8 Å². The van der Waals surface area contributed by atoms with E-state index >= 15 is 0 Å². The Morgan fingerprint density at radius 1 is 1.29 bits per heavy atom. The number of likely N-dealkylation sites (tertiary alicyclic amines) is 1. The molecule has 1 saturated heterocycles. The van der Waals surface area contributed by atoms with Gasteiger partial charge in [0, 0.05) is 25.0 Å². The summed E-state index contributed by atoms with van der Waals surface area (Å²) in [5.41, 5.74) is 5.41. The molecule has 0 spiro atoms. The Balaban J connectivity index is 2.08. The number of aliphatic hydroxyl groups excluding tert-OH is 1. The molecule has 3 amide bonds. The first kappa shape index (κ1) is 19.4. The standard InChI is InChI=1S/C14H24N4O4S2/c1-6(19)16-10(5-24)14(22)18-3-7-2-8(7)11(18)13(21)17-9(4-23)12(15)20/h7-12,20,23-24H,2-5,15H2,1H3,(H,16,19)(H,17,21). The number of nitrogens with zero attached hydrogens (tertiary/aromatic N) is 1. The van der Waals surface area contributed by atoms with Gasteiger partial charge < -0.3 is 26.4 Å². The lowest BCUT2D eigenvalue weighted by Gasteiger charge is -2.31. The highest BCUT2D eigenvalue weighted by Gasteiger charge is 2.57. The maximum atomic E-state index is 12.7. The van der Waals surface area contributed by atoms with Crippen molar-refractivity contribution in [2.24, 2.45) is 17.6 Å². The lowest BCUT2D eigenvalue weighted by molar-refractivity contribution is -0.142. The van der Waals surface area contributed by atoms with Crippen LogP contribution in [-0.2, 0) is 14.4 Å². The smallest absolute Gasteiger partial charge is 0.246 e. The van der Waals surface area contributed by atoms with Gasteiger partial charge in [0.15, 0.2) is 0 Å². The molecule has 1 aliphatic heterocycles. The van der Waals surface area contributed by atoms with Gasteiger partial charge in [0.1, 0.15) is 18.3 Å². The van der Waals surface area contributed by atoms with E-state index in [4.69, 9.17) is 5.73 Å². The fraction of sp³-hybridized carbons (Fsp3) is 0.786. The van der Waals surface area contributed by atoms with Crippen molar-refractivity contribution >= 4 is 43.0 Å². The van der Waals surface area contributed by atoms with E-state index < -0.39 is 24.4 Å². The number of amides is 3. The monoisotopic (exact) mass is 376 g/mol. The molecule has 2 aliphatic rings. The Kier molecular flexibility index (Phi) is 6.40. The summed E-state index contributed by atoms with van der Waals surface area (Å²) >= 11 is 8.17. The van der Waals surface area contributed by atoms with Crippen LogP contribution in [0.3, 0.4) is 0 Å². The number of aliphatic hydroxyl groups is 1. The summed E-state index contributed by atoms with van der Waals surface area (Å²) in [4.78, 5) is 38.0. The van der Waals surface area contributed by atoms with Crippen molar-refractivity contribution in [3.8, 4) is 0 Å². The number of hydrogen-bond donors (Lipinski definition) is 6. The molecule has 8 nitrogen and oxygen atoms in total. The van der Waals surface area contributed by atoms with E-state index in [2.05, 4.69) is 35.9 Å². The van der Waals surface area contributed by atoms with Crippen LogP contribution in [0.5, 0.6) is 0 Å². The number of thiol groups is 2. The largest absolute Gasteiger partial charge is 0.377 e. The Bertz CT molecular complexity index is 519. The third-order valence-corrected chi connectivity index (χ3v) is 5.25. The van der Waals surface area contributed by atoms with Gasteiger partial charge >= 0.3 is 0 Å². The maximum Gasteiger partial charge on any atom is 0.246 e. The molecule has 0 aromatic carbocycles. The number of hydrogen-bond acceptors (Lipinski definition) is 7. The molecule has 24 heavy (non-hydrogen) atoms. The number of carbonyl (C=O) groups excluding carboxylic acids is 3. The summed E-state index contributed by atoms with van der Waals surface area (Å²) < 4.78 is 0. The normalized spacial score (nSPS) is 28.5. The number of rotatable bonds is 7. The van der Waals surface area contributed by atoms with Crippen molar-refractivity contribution in [1.29, 1.82) is 0 Å². The van der Waals surface area contributed by atoms with Gasteiger partial charge in [-0.15, -0.1) is 0 Å². The van der Waals surface area contributed by atoms with Gasteiger partial charge in [-0.2, -0.15) is 25.3 Å². The molecule has 6 atom stereocenters. The van der Waals surface area contributed by atoms with Crippen molar-refractivity contribution in [1.82, 2.24) is 15.5 Å². The quantitative estimate of drug-likeness (QED) is 0.226. The Morgan fingerprint density at radius 2 is 1.96 bits per heavy atom. The van der Waals surface area contributed by atoms with Crippen LogP contribution in [0.1, 0.15) is 13.3 Å². The van der Waals surface area contributed by atoms with Crippen LogP contribution in [0.25, 0.3) is 0 Å². The first-order valence-electron chi connectivity index (χ1n) is 7.83. The minimum Gasteiger partial charge on any atom is -0.377 e. The Labute approximate surface area is 151 Å². The molecule has 1 heterocycles. The summed E-state index contributed by atoms with van der Waals surface area (Å²) in [5.74, 6) is -0.236. The summed E-state index contributed by atoms with van der Waals surface area (Å²) in [6, 6.07) is -2.06. The second-order valence-corrected chi connectivity index (χ2v) is 7.05. The minimum absolute atomic E-state index is 0.113. The number of nitrogens with two attached hydrogens (primary N) is 1. The highest BCUT2D eigenvalue weighted by atomic mass is 32.1. The molecule has 6 unspecified atom stereocenters. The predicted molar refractivity (Wildman–Crippen MR) is 94.5 cm³/mol. The predicted octanol–water partition coefficient (Wildman–Crippen LogP) is -2.04. The third-order valence-electron chi connectivity index (χ3n) is 4.50. The average molecular weight is 377 g/mol. The molecule has 10 heteroatoms. The molecule has 0 aromatic rings. The van der Waals surface area contributed by atoms with Crippen LogP contribution in [0.2, 0.25) is 0 Å². The van der Waals surface area contributed by atoms with Gasteiger partial charge in [-0.1, -0.05) is 0 Å². The van der Waals surface area contributed by atoms with Gasteiger partial charge in [0.05, 0.1) is 6.04 Å². The zero-order chi connectivity index (χ0) is 18.0. The molecule has 2 fully saturated rings. The average Bonchev–Trinajstić information content (AvgIpc) is 3.18. The molecule has 136 valence electrons. The molecule has 5 N–H and O–H groups in total. The van der Waals surface area contributed by atoms with Crippen LogP contribution >= 0.6 is 25.3 Å². The Hall–Kier alpha value is -0.970. The summed E-state index contributed by atoms with van der Waals surface area (Å²) in [6.07, 6.45) is -0.332. The van der Waals surface area contributed by atoms with Gasteiger partial charge in [-0.25, -0.2) is 0 Å². The second kappa shape index (κ2) is 7.94. The zero-order valence-electron chi connectivity index (χ0n) is 13.4. The molecule has 0 radical (unpaired) electrons. The summed E-state index contributed by atoms with van der Waals surface area (Å²) in [6.45, 7) is 1.82. The third kappa shape index (κ3) is 4.16. The fourth-order valence-electron chi connectivity index (χ4n) is 3.17. The zero-order valence-corrected chi connectivity index (χ0v) is 15.2. The van der Waals surface area contributed by atoms with E-state index in [0.717, 1.165) is 6.42 Å². The highest BCUT2D eigenvalue weighted by molar-refractivity contribution is 7.80. The lowest BCUT2D eigenvalue weighted by atomic mass is 10.1. The summed E-state index contributed by atoms with van der Waals surface area (Å²) in [7, 11) is 0. The van der Waals surface area contributed by atoms with Gasteiger partial charge in [-0.05, 0) is 18.3 Å². The van der Waals surface area contributed by atoms with Crippen molar-refractivity contribution in [3.63, 3.8) is 0 Å². The van der Waals surface area contributed by atoms with Crippen LogP contribution in [-0.4, -0.2) is 70.1 Å². The van der Waals surface area contributed by atoms with E-state index in [9.17, 15) is 19.5 Å². The van der Waals surface area contributed by atoms with E-state index in [1.807, 2.05) is 0 Å². The number of piperidine rings is 1. The van der Waals surface area contributed by atoms with Crippen LogP contribution in [0.15, 0.2) is 0 Å². The number of fused-ring (bicyclic) bond motifs is 1. The highest BCUT2D eigenvalue weighted by Crippen LogP contribution is 2.49. The van der Waals surface area contributed by atoms with E-state index in [0.29, 0.717) is 12.5 Å². The second-order valence-electron chi connectivity index (χ2n) is 6.32. The van der Waals surface area contributed by atoms with Crippen molar-refractivity contribution in [3.05, 3.63) is 0 Å². The van der Waals surface area contributed by atoms with Gasteiger partial charge in [-0.3, -0.25) is 14.4 Å². The molecular weight excluding hydrogens is 352 g/mol. The van der Waals surface area contributed by atoms with Crippen LogP contribution in [0.4, 0.5) is 0 Å². The van der Waals surface area contributed by atoms with Gasteiger partial charge in [0.25, 0.3) is 0 Å². The van der Waals surface area contributed by atoms with Crippen molar-refractivity contribution < 1.29 is 19.5 Å². The minimum atomic E-state index is -1.23. The SMILES string of the molecule is CC(=O)NC(CS)C(=O)N1CC2CC2C1C(=O)NC(CS)C(N)O. The molecule has 2 rings (SSSR count). The lowest BCUT2D eigenvalue weighted by Crippen LogP contribution is -2.58. The molecular formula is C14H24N4O4S2. The summed E-state index contributed by atoms with van der Waals surface area (Å²) in [5, 5.41) is 14.7. The van der Waals surface area contributed by atoms with Crippen molar-refractivity contribution in [2.75, 3.05) is 18.1 Å². The molecule has 0 bridgehead atoms. The molecule has 1 saturated carbocycles. The van der Waals surface area contributed by atoms with Crippen molar-refractivity contribution in [2.45, 2.75) is 37.7 Å². The van der Waals surface area contributed by atoms with E-state index in [-0.39, 0.29) is 35.1 Å². The number of carbonyl (C=O) groups is 3. The van der Waals surface area contributed by atoms with E-state index in [1.165, 1.54) is 11.8 Å². The topological polar surface area (TPSA) is 125 Å². The fourth-order valence-corrected chi connectivity index (χ4v) is 3.72. The number of nitrogens with one attached hydrogen (secondary N) is 2. The first-order chi connectivity index (χ1) is 11.3. The Morgan fingerprint density at radius 3 is 2.46 bits per heavy atom. The molecule has 0 aromatic heterocycles. The maximum absolute atomic E-state index is 12.7. The first-order valence-corrected chi connectivity index (χ1v) is 9.10. The van der Waals surface area contributed by atoms with Gasteiger partial charge in [0.2, 0.25) is 17.7 Å².